The van der Waals surface area contributed by atoms with Crippen molar-refractivity contribution in [2.24, 2.45) is 5.73 Å². The van der Waals surface area contributed by atoms with Crippen LogP contribution in [0.15, 0.2) is 6.20 Å². The number of halogens is 1. The Balaban J connectivity index is 2.96. The Morgan fingerprint density at radius 2 is 2.42 bits per heavy atom. The number of aromatic nitrogens is 2. The summed E-state index contributed by atoms with van der Waals surface area (Å²) in [5.74, 6) is -0.422. The monoisotopic (exact) mass is 187 g/mol. The van der Waals surface area contributed by atoms with Gasteiger partial charge in [0.25, 0.3) is 0 Å². The Morgan fingerprint density at radius 3 is 2.75 bits per heavy atom. The Bertz CT molecular complexity index is 288. The predicted octanol–water partition coefficient (Wildman–Crippen LogP) is 0.891. The lowest BCUT2D eigenvalue weighted by atomic mass is 10.3. The van der Waals surface area contributed by atoms with Crippen LogP contribution in [0, 0.1) is 6.92 Å². The Morgan fingerprint density at radius 1 is 1.83 bits per heavy atom. The van der Waals surface area contributed by atoms with E-state index < -0.39 is 11.9 Å². The molecule has 4 nitrogen and oxygen atoms in total. The number of carbonyl (C=O) groups excluding carboxylic acids is 1. The zero-order chi connectivity index (χ0) is 9.30. The minimum Gasteiger partial charge on any atom is -0.368 e. The lowest BCUT2D eigenvalue weighted by molar-refractivity contribution is -0.120. The molecule has 0 aliphatic heterocycles. The molecule has 0 aliphatic rings. The summed E-state index contributed by atoms with van der Waals surface area (Å²) in [7, 11) is 0. The predicted molar refractivity (Wildman–Crippen MR) is 45.9 cm³/mol. The minimum atomic E-state index is -0.448. The first-order chi connectivity index (χ1) is 5.52. The number of nitrogens with two attached hydrogens (primary N) is 1. The van der Waals surface area contributed by atoms with Gasteiger partial charge in [0.2, 0.25) is 5.91 Å². The van der Waals surface area contributed by atoms with Crippen LogP contribution in [-0.4, -0.2) is 15.7 Å². The van der Waals surface area contributed by atoms with Crippen LogP contribution < -0.4 is 5.73 Å². The average Bonchev–Trinajstić information content (AvgIpc) is 2.30. The summed E-state index contributed by atoms with van der Waals surface area (Å²) in [5, 5.41) is 4.56. The number of amides is 1. The lowest BCUT2D eigenvalue weighted by Gasteiger charge is -2.05. The van der Waals surface area contributed by atoms with Gasteiger partial charge in [-0.2, -0.15) is 5.10 Å². The van der Waals surface area contributed by atoms with Crippen LogP contribution >= 0.6 is 11.6 Å². The highest BCUT2D eigenvalue weighted by atomic mass is 35.5. The molecule has 1 unspecified atom stereocenters. The topological polar surface area (TPSA) is 60.9 Å². The van der Waals surface area contributed by atoms with Gasteiger partial charge in [-0.05, 0) is 13.8 Å². The van der Waals surface area contributed by atoms with Gasteiger partial charge < -0.3 is 5.73 Å². The average molecular weight is 188 g/mol. The van der Waals surface area contributed by atoms with Gasteiger partial charge in [0, 0.05) is 6.20 Å². The van der Waals surface area contributed by atoms with Crippen molar-refractivity contribution in [2.75, 3.05) is 0 Å². The molecule has 12 heavy (non-hydrogen) atoms. The number of hydrogen-bond acceptors (Lipinski definition) is 2. The number of nitrogens with zero attached hydrogens (tertiary/aromatic N) is 2. The van der Waals surface area contributed by atoms with Crippen molar-refractivity contribution in [2.45, 2.75) is 19.9 Å². The summed E-state index contributed by atoms with van der Waals surface area (Å²) >= 11 is 5.74. The molecule has 1 atom stereocenters. The fourth-order valence-corrected chi connectivity index (χ4v) is 0.926. The largest absolute Gasteiger partial charge is 0.368 e. The van der Waals surface area contributed by atoms with Crippen molar-refractivity contribution in [1.29, 1.82) is 0 Å². The lowest BCUT2D eigenvalue weighted by Crippen LogP contribution is -2.24. The van der Waals surface area contributed by atoms with Gasteiger partial charge in [-0.3, -0.25) is 9.48 Å². The van der Waals surface area contributed by atoms with Crippen molar-refractivity contribution in [3.63, 3.8) is 0 Å². The van der Waals surface area contributed by atoms with Crippen molar-refractivity contribution >= 4 is 17.5 Å². The number of primary amides is 1. The first kappa shape index (κ1) is 9.06. The van der Waals surface area contributed by atoms with Gasteiger partial charge in [-0.15, -0.1) is 0 Å². The summed E-state index contributed by atoms with van der Waals surface area (Å²) in [6.45, 7) is 3.44. The van der Waals surface area contributed by atoms with Crippen LogP contribution in [0.25, 0.3) is 0 Å². The molecular formula is C7H10ClN3O. The van der Waals surface area contributed by atoms with Gasteiger partial charge in [0.05, 0.1) is 10.7 Å². The molecule has 0 aliphatic carbocycles. The molecule has 0 fully saturated rings. The highest BCUT2D eigenvalue weighted by molar-refractivity contribution is 6.31. The molecule has 0 radical (unpaired) electrons. The number of hydrogen-bond donors (Lipinski definition) is 1. The maximum absolute atomic E-state index is 10.7. The second-order valence-corrected chi connectivity index (χ2v) is 3.03. The Kier molecular flexibility index (Phi) is 2.38. The van der Waals surface area contributed by atoms with Gasteiger partial charge in [-0.25, -0.2) is 0 Å². The molecule has 5 heteroatoms. The van der Waals surface area contributed by atoms with E-state index in [1.807, 2.05) is 0 Å². The van der Waals surface area contributed by atoms with Gasteiger partial charge >= 0.3 is 0 Å². The molecule has 66 valence electrons. The van der Waals surface area contributed by atoms with E-state index in [1.54, 1.807) is 20.0 Å². The molecule has 0 saturated heterocycles. The third kappa shape index (κ3) is 1.58. The van der Waals surface area contributed by atoms with Crippen LogP contribution in [-0.2, 0) is 4.79 Å². The van der Waals surface area contributed by atoms with Crippen LogP contribution in [0.5, 0.6) is 0 Å². The molecule has 1 aromatic rings. The highest BCUT2D eigenvalue weighted by Gasteiger charge is 2.13. The molecule has 0 saturated carbocycles. The van der Waals surface area contributed by atoms with Gasteiger partial charge in [0.15, 0.2) is 0 Å². The maximum Gasteiger partial charge on any atom is 0.241 e. The normalized spacial score (nSPS) is 12.9. The van der Waals surface area contributed by atoms with Gasteiger partial charge in [0.1, 0.15) is 6.04 Å². The first-order valence-corrected chi connectivity index (χ1v) is 3.90. The molecule has 0 bridgehead atoms. The quantitative estimate of drug-likeness (QED) is 0.748. The minimum absolute atomic E-state index is 0.422. The standard InChI is InChI=1S/C7H10ClN3O/c1-4-6(8)3-11(10-4)5(2)7(9)12/h3,5H,1-2H3,(H2,9,12). The molecule has 1 rings (SSSR count). The van der Waals surface area contributed by atoms with Crippen LogP contribution in [0.1, 0.15) is 18.7 Å². The summed E-state index contributed by atoms with van der Waals surface area (Å²) in [5.41, 5.74) is 5.78. The summed E-state index contributed by atoms with van der Waals surface area (Å²) in [6.07, 6.45) is 1.59. The van der Waals surface area contributed by atoms with Crippen LogP contribution in [0.4, 0.5) is 0 Å². The van der Waals surface area contributed by atoms with Crippen LogP contribution in [0.3, 0.4) is 0 Å². The third-order valence-electron chi connectivity index (χ3n) is 1.67. The third-order valence-corrected chi connectivity index (χ3v) is 2.04. The van der Waals surface area contributed by atoms with Crippen molar-refractivity contribution in [3.8, 4) is 0 Å². The second-order valence-electron chi connectivity index (χ2n) is 2.62. The zero-order valence-electron chi connectivity index (χ0n) is 6.91. The SMILES string of the molecule is Cc1nn(C(C)C(N)=O)cc1Cl. The van der Waals surface area contributed by atoms with E-state index in [-0.39, 0.29) is 0 Å². The first-order valence-electron chi connectivity index (χ1n) is 3.53. The molecule has 1 amide bonds. The highest BCUT2D eigenvalue weighted by Crippen LogP contribution is 2.15. The van der Waals surface area contributed by atoms with E-state index in [0.29, 0.717) is 10.7 Å². The second kappa shape index (κ2) is 3.15. The fraction of sp³-hybridized carbons (Fsp3) is 0.429. The van der Waals surface area contributed by atoms with E-state index in [1.165, 1.54) is 4.68 Å². The molecular weight excluding hydrogens is 178 g/mol. The summed E-state index contributed by atoms with van der Waals surface area (Å²) in [6, 6.07) is -0.448. The van der Waals surface area contributed by atoms with E-state index in [9.17, 15) is 4.79 Å². The van der Waals surface area contributed by atoms with Crippen molar-refractivity contribution in [1.82, 2.24) is 9.78 Å². The van der Waals surface area contributed by atoms with E-state index in [0.717, 1.165) is 0 Å². The zero-order valence-corrected chi connectivity index (χ0v) is 7.67. The molecule has 0 spiro atoms. The summed E-state index contributed by atoms with van der Waals surface area (Å²) < 4.78 is 1.46. The fourth-order valence-electron chi connectivity index (χ4n) is 0.788. The molecule has 1 heterocycles. The number of aryl methyl sites for hydroxylation is 1. The maximum atomic E-state index is 10.7. The van der Waals surface area contributed by atoms with Gasteiger partial charge in [-0.1, -0.05) is 11.6 Å². The molecule has 2 N–H and O–H groups in total. The van der Waals surface area contributed by atoms with E-state index in [2.05, 4.69) is 5.10 Å². The summed E-state index contributed by atoms with van der Waals surface area (Å²) in [4.78, 5) is 10.7. The Hall–Kier alpha value is -1.03. The smallest absolute Gasteiger partial charge is 0.241 e. The molecule has 1 aromatic heterocycles. The van der Waals surface area contributed by atoms with Crippen molar-refractivity contribution in [3.05, 3.63) is 16.9 Å². The Labute approximate surface area is 75.3 Å². The number of carbonyl (C=O) groups is 1. The van der Waals surface area contributed by atoms with E-state index in [4.69, 9.17) is 17.3 Å². The van der Waals surface area contributed by atoms with Crippen molar-refractivity contribution < 1.29 is 4.79 Å². The van der Waals surface area contributed by atoms with Crippen LogP contribution in [0.2, 0.25) is 5.02 Å². The number of rotatable bonds is 2. The van der Waals surface area contributed by atoms with E-state index >= 15 is 0 Å². The molecule has 0 aromatic carbocycles.